The highest BCUT2D eigenvalue weighted by Crippen LogP contribution is 2.37. The predicted molar refractivity (Wildman–Crippen MR) is 105 cm³/mol. The lowest BCUT2D eigenvalue weighted by Crippen LogP contribution is -2.40. The number of anilines is 1. The summed E-state index contributed by atoms with van der Waals surface area (Å²) in [5.74, 6) is -1.12. The molecule has 7 nitrogen and oxygen atoms in total. The van der Waals surface area contributed by atoms with Gasteiger partial charge in [-0.15, -0.1) is 12.4 Å². The molecule has 2 unspecified atom stereocenters. The number of halogens is 2. The number of carboxylic acids is 1. The first-order valence-corrected chi connectivity index (χ1v) is 9.50. The Morgan fingerprint density at radius 3 is 2.75 bits per heavy atom. The van der Waals surface area contributed by atoms with Crippen molar-refractivity contribution in [3.05, 3.63) is 33.9 Å². The Labute approximate surface area is 167 Å². The molecule has 3 fully saturated rings. The number of carbonyl (C=O) groups is 1. The monoisotopic (exact) mass is 408 g/mol. The van der Waals surface area contributed by atoms with Crippen LogP contribution in [0.5, 0.6) is 0 Å². The third-order valence-electron chi connectivity index (χ3n) is 6.01. The van der Waals surface area contributed by atoms with E-state index in [9.17, 15) is 19.1 Å². The third kappa shape index (κ3) is 3.04. The predicted octanol–water partition coefficient (Wildman–Crippen LogP) is 2.18. The van der Waals surface area contributed by atoms with Gasteiger partial charge < -0.3 is 19.9 Å². The third-order valence-corrected chi connectivity index (χ3v) is 6.01. The van der Waals surface area contributed by atoms with Crippen LogP contribution in [-0.2, 0) is 0 Å². The second-order valence-corrected chi connectivity index (χ2v) is 7.85. The number of nitrogens with one attached hydrogen (secondary N) is 1. The van der Waals surface area contributed by atoms with Crippen molar-refractivity contribution in [2.45, 2.75) is 37.8 Å². The van der Waals surface area contributed by atoms with Crippen molar-refractivity contribution in [3.8, 4) is 0 Å². The molecule has 5 rings (SSSR count). The number of pyridine rings is 2. The Hall–Kier alpha value is -2.19. The molecule has 9 heteroatoms. The van der Waals surface area contributed by atoms with Gasteiger partial charge in [-0.05, 0) is 44.2 Å². The summed E-state index contributed by atoms with van der Waals surface area (Å²) in [6.07, 6.45) is 5.43. The molecule has 0 aromatic carbocycles. The van der Waals surface area contributed by atoms with E-state index in [-0.39, 0.29) is 35.2 Å². The van der Waals surface area contributed by atoms with Gasteiger partial charge in [-0.3, -0.25) is 4.79 Å². The summed E-state index contributed by atoms with van der Waals surface area (Å²) >= 11 is 0. The minimum atomic E-state index is -1.30. The first kappa shape index (κ1) is 19.1. The number of hydrogen-bond donors (Lipinski definition) is 2. The molecular weight excluding hydrogens is 387 g/mol. The highest BCUT2D eigenvalue weighted by molar-refractivity contribution is 5.92. The van der Waals surface area contributed by atoms with Crippen LogP contribution in [0.2, 0.25) is 0 Å². The van der Waals surface area contributed by atoms with Crippen LogP contribution < -0.4 is 15.6 Å². The number of aromatic carboxylic acids is 1. The van der Waals surface area contributed by atoms with Gasteiger partial charge in [0.25, 0.3) is 0 Å². The quantitative estimate of drug-likeness (QED) is 0.809. The van der Waals surface area contributed by atoms with E-state index in [4.69, 9.17) is 0 Å². The molecule has 150 valence electrons. The van der Waals surface area contributed by atoms with Crippen molar-refractivity contribution in [2.75, 3.05) is 24.5 Å². The number of carboxylic acid groups (broad SMARTS) is 1. The summed E-state index contributed by atoms with van der Waals surface area (Å²) < 4.78 is 16.6. The van der Waals surface area contributed by atoms with Gasteiger partial charge in [-0.2, -0.15) is 0 Å². The van der Waals surface area contributed by atoms with Crippen molar-refractivity contribution in [3.63, 3.8) is 0 Å². The van der Waals surface area contributed by atoms with E-state index in [1.54, 1.807) is 4.57 Å². The van der Waals surface area contributed by atoms with E-state index in [2.05, 4.69) is 10.3 Å². The van der Waals surface area contributed by atoms with Crippen molar-refractivity contribution < 1.29 is 14.3 Å². The van der Waals surface area contributed by atoms with Crippen molar-refractivity contribution in [1.29, 1.82) is 0 Å². The van der Waals surface area contributed by atoms with Crippen LogP contribution in [0.25, 0.3) is 11.0 Å². The fraction of sp³-hybridized carbons (Fsp3) is 0.526. The Bertz CT molecular complexity index is 993. The number of piperidine rings is 1. The standard InChI is InChI=1S/C19H21FN4O3.ClH/c20-14-6-12-16(25)13(19(26)27)8-24(11-3-4-11)17(12)22-18(14)23-7-10-2-1-5-21-15(10)9-23;/h6,8,10-11,15,21H,1-5,7,9H2,(H,26,27);1H. The van der Waals surface area contributed by atoms with Crippen LogP contribution >= 0.6 is 12.4 Å². The molecule has 0 amide bonds. The Kier molecular flexibility index (Phi) is 4.79. The second kappa shape index (κ2) is 7.00. The molecular formula is C19H22ClFN4O3. The van der Waals surface area contributed by atoms with Gasteiger partial charge in [0.2, 0.25) is 5.43 Å². The summed E-state index contributed by atoms with van der Waals surface area (Å²) in [6, 6.07) is 1.64. The maximum absolute atomic E-state index is 14.9. The fourth-order valence-electron chi connectivity index (χ4n) is 4.46. The number of nitrogens with zero attached hydrogens (tertiary/aromatic N) is 3. The maximum Gasteiger partial charge on any atom is 0.341 e. The molecule has 1 aliphatic carbocycles. The number of hydrogen-bond acceptors (Lipinski definition) is 5. The molecule has 28 heavy (non-hydrogen) atoms. The summed E-state index contributed by atoms with van der Waals surface area (Å²) in [7, 11) is 0. The lowest BCUT2D eigenvalue weighted by molar-refractivity contribution is 0.0695. The highest BCUT2D eigenvalue weighted by atomic mass is 35.5. The highest BCUT2D eigenvalue weighted by Gasteiger charge is 2.36. The van der Waals surface area contributed by atoms with Gasteiger partial charge in [-0.25, -0.2) is 14.2 Å². The average Bonchev–Trinajstić information content (AvgIpc) is 3.39. The summed E-state index contributed by atoms with van der Waals surface area (Å²) in [6.45, 7) is 2.43. The van der Waals surface area contributed by atoms with E-state index in [1.807, 2.05) is 4.90 Å². The molecule has 2 aliphatic heterocycles. The van der Waals surface area contributed by atoms with Crippen LogP contribution in [0.4, 0.5) is 10.2 Å². The molecule has 1 saturated carbocycles. The minimum absolute atomic E-state index is 0. The van der Waals surface area contributed by atoms with Gasteiger partial charge in [-0.1, -0.05) is 0 Å². The molecule has 2 N–H and O–H groups in total. The number of aromatic nitrogens is 2. The normalized spacial score (nSPS) is 24.1. The van der Waals surface area contributed by atoms with Gasteiger partial charge >= 0.3 is 5.97 Å². The molecule has 2 aromatic heterocycles. The van der Waals surface area contributed by atoms with Gasteiger partial charge in [0, 0.05) is 31.4 Å². The molecule has 2 atom stereocenters. The fourth-order valence-corrected chi connectivity index (χ4v) is 4.46. The molecule has 2 saturated heterocycles. The summed E-state index contributed by atoms with van der Waals surface area (Å²) in [5, 5.41) is 12.9. The largest absolute Gasteiger partial charge is 0.477 e. The van der Waals surface area contributed by atoms with E-state index < -0.39 is 17.2 Å². The second-order valence-electron chi connectivity index (χ2n) is 7.85. The van der Waals surface area contributed by atoms with Crippen LogP contribution in [0.1, 0.15) is 42.1 Å². The van der Waals surface area contributed by atoms with E-state index in [0.717, 1.165) is 38.8 Å². The number of rotatable bonds is 3. The molecule has 3 aliphatic rings. The van der Waals surface area contributed by atoms with E-state index in [0.29, 0.717) is 24.2 Å². The van der Waals surface area contributed by atoms with Gasteiger partial charge in [0.05, 0.1) is 5.39 Å². The van der Waals surface area contributed by atoms with Crippen LogP contribution in [0.3, 0.4) is 0 Å². The Balaban J connectivity index is 0.00000192. The molecule has 0 radical (unpaired) electrons. The van der Waals surface area contributed by atoms with Crippen LogP contribution in [0, 0.1) is 11.7 Å². The zero-order valence-electron chi connectivity index (χ0n) is 15.2. The molecule has 0 spiro atoms. The van der Waals surface area contributed by atoms with E-state index in [1.165, 1.54) is 12.3 Å². The first-order valence-electron chi connectivity index (χ1n) is 9.50. The van der Waals surface area contributed by atoms with Gasteiger partial charge in [0.1, 0.15) is 11.2 Å². The zero-order valence-corrected chi connectivity index (χ0v) is 16.0. The number of fused-ring (bicyclic) bond motifs is 2. The van der Waals surface area contributed by atoms with Crippen LogP contribution in [0.15, 0.2) is 17.1 Å². The van der Waals surface area contributed by atoms with Crippen molar-refractivity contribution >= 4 is 35.2 Å². The molecule has 0 bridgehead atoms. The first-order chi connectivity index (χ1) is 13.0. The Morgan fingerprint density at radius 1 is 1.29 bits per heavy atom. The minimum Gasteiger partial charge on any atom is -0.477 e. The average molecular weight is 409 g/mol. The lowest BCUT2D eigenvalue weighted by atomic mass is 9.94. The summed E-state index contributed by atoms with van der Waals surface area (Å²) in [4.78, 5) is 30.4. The smallest absolute Gasteiger partial charge is 0.341 e. The van der Waals surface area contributed by atoms with Crippen molar-refractivity contribution in [2.24, 2.45) is 5.92 Å². The molecule has 4 heterocycles. The maximum atomic E-state index is 14.9. The zero-order chi connectivity index (χ0) is 18.7. The summed E-state index contributed by atoms with van der Waals surface area (Å²) in [5.41, 5.74) is -0.629. The van der Waals surface area contributed by atoms with E-state index >= 15 is 0 Å². The topological polar surface area (TPSA) is 87.5 Å². The van der Waals surface area contributed by atoms with Crippen LogP contribution in [-0.4, -0.2) is 46.3 Å². The molecule has 2 aromatic rings. The Morgan fingerprint density at radius 2 is 2.07 bits per heavy atom. The van der Waals surface area contributed by atoms with Gasteiger partial charge in [0.15, 0.2) is 11.6 Å². The lowest BCUT2D eigenvalue weighted by Gasteiger charge is -2.24. The SMILES string of the molecule is Cl.O=C(O)c1cn(C2CC2)c2nc(N3CC4CCCNC4C3)c(F)cc2c1=O. The van der Waals surface area contributed by atoms with Crippen molar-refractivity contribution in [1.82, 2.24) is 14.9 Å².